The molecular weight excluding hydrogens is 260 g/mol. The second-order valence-electron chi connectivity index (χ2n) is 5.86. The van der Waals surface area contributed by atoms with Gasteiger partial charge >= 0.3 is 5.97 Å². The quantitative estimate of drug-likeness (QED) is 0.788. The Balaban J connectivity index is 2.64. The third kappa shape index (κ3) is 3.95. The van der Waals surface area contributed by atoms with E-state index in [1.807, 2.05) is 0 Å². The molecular formula is C14H24N2O4. The molecule has 114 valence electrons. The van der Waals surface area contributed by atoms with Crippen molar-refractivity contribution in [1.29, 1.82) is 0 Å². The standard InChI is InChI=1S/C14H24N2O4/c1-4-11(17)16-8-6-5-7-10(16)12(18)15-9-14(2,3)13(19)20/h10H,4-9H2,1-3H3,(H,15,18)(H,19,20). The zero-order valence-electron chi connectivity index (χ0n) is 12.4. The van der Waals surface area contributed by atoms with E-state index in [-0.39, 0.29) is 18.4 Å². The molecule has 0 aliphatic carbocycles. The third-order valence-corrected chi connectivity index (χ3v) is 3.71. The van der Waals surface area contributed by atoms with E-state index < -0.39 is 17.4 Å². The SMILES string of the molecule is CCC(=O)N1CCCCC1C(=O)NCC(C)(C)C(=O)O. The minimum atomic E-state index is -1.01. The van der Waals surface area contributed by atoms with Crippen LogP contribution in [0.5, 0.6) is 0 Å². The number of carbonyl (C=O) groups excluding carboxylic acids is 2. The van der Waals surface area contributed by atoms with Crippen molar-refractivity contribution in [2.75, 3.05) is 13.1 Å². The maximum atomic E-state index is 12.2. The first-order valence-electron chi connectivity index (χ1n) is 7.10. The van der Waals surface area contributed by atoms with E-state index in [0.717, 1.165) is 12.8 Å². The van der Waals surface area contributed by atoms with E-state index in [1.165, 1.54) is 0 Å². The Morgan fingerprint density at radius 2 is 1.95 bits per heavy atom. The molecule has 0 bridgehead atoms. The number of likely N-dealkylation sites (tertiary alicyclic amines) is 1. The number of amides is 2. The zero-order chi connectivity index (χ0) is 15.3. The van der Waals surface area contributed by atoms with Crippen LogP contribution >= 0.6 is 0 Å². The monoisotopic (exact) mass is 284 g/mol. The molecule has 6 heteroatoms. The molecule has 1 fully saturated rings. The van der Waals surface area contributed by atoms with Crippen LogP contribution < -0.4 is 5.32 Å². The van der Waals surface area contributed by atoms with Gasteiger partial charge in [-0.25, -0.2) is 0 Å². The molecule has 0 aromatic heterocycles. The van der Waals surface area contributed by atoms with Crippen LogP contribution in [0.15, 0.2) is 0 Å². The molecule has 1 aliphatic rings. The number of carboxylic acids is 1. The minimum Gasteiger partial charge on any atom is -0.481 e. The van der Waals surface area contributed by atoms with E-state index in [9.17, 15) is 14.4 Å². The molecule has 1 unspecified atom stereocenters. The molecule has 1 heterocycles. The Labute approximate surface area is 119 Å². The van der Waals surface area contributed by atoms with Crippen molar-refractivity contribution in [2.24, 2.45) is 5.41 Å². The zero-order valence-corrected chi connectivity index (χ0v) is 12.4. The summed E-state index contributed by atoms with van der Waals surface area (Å²) in [5.74, 6) is -1.23. The molecule has 2 amide bonds. The van der Waals surface area contributed by atoms with Gasteiger partial charge < -0.3 is 15.3 Å². The van der Waals surface area contributed by atoms with Gasteiger partial charge in [0, 0.05) is 19.5 Å². The van der Waals surface area contributed by atoms with Crippen molar-refractivity contribution in [3.63, 3.8) is 0 Å². The largest absolute Gasteiger partial charge is 0.481 e. The number of carboxylic acid groups (broad SMARTS) is 1. The average molecular weight is 284 g/mol. The number of carbonyl (C=O) groups is 3. The van der Waals surface area contributed by atoms with Crippen molar-refractivity contribution < 1.29 is 19.5 Å². The first kappa shape index (κ1) is 16.5. The van der Waals surface area contributed by atoms with E-state index in [0.29, 0.717) is 19.4 Å². The summed E-state index contributed by atoms with van der Waals surface area (Å²) >= 11 is 0. The molecule has 0 aromatic rings. The van der Waals surface area contributed by atoms with Crippen LogP contribution in [-0.2, 0) is 14.4 Å². The number of nitrogens with one attached hydrogen (secondary N) is 1. The van der Waals surface area contributed by atoms with E-state index in [4.69, 9.17) is 5.11 Å². The lowest BCUT2D eigenvalue weighted by molar-refractivity contribution is -0.148. The van der Waals surface area contributed by atoms with Gasteiger partial charge in [0.2, 0.25) is 11.8 Å². The summed E-state index contributed by atoms with van der Waals surface area (Å²) in [5, 5.41) is 11.7. The summed E-state index contributed by atoms with van der Waals surface area (Å²) in [4.78, 5) is 36.7. The number of hydrogen-bond acceptors (Lipinski definition) is 3. The lowest BCUT2D eigenvalue weighted by Crippen LogP contribution is -2.53. The normalized spacial score (nSPS) is 19.6. The molecule has 0 radical (unpaired) electrons. The van der Waals surface area contributed by atoms with Crippen molar-refractivity contribution in [3.05, 3.63) is 0 Å². The summed E-state index contributed by atoms with van der Waals surface area (Å²) in [6, 6.07) is -0.458. The molecule has 1 saturated heterocycles. The molecule has 1 rings (SSSR count). The highest BCUT2D eigenvalue weighted by molar-refractivity contribution is 5.88. The highest BCUT2D eigenvalue weighted by Crippen LogP contribution is 2.19. The van der Waals surface area contributed by atoms with Crippen LogP contribution in [0.25, 0.3) is 0 Å². The molecule has 0 saturated carbocycles. The maximum absolute atomic E-state index is 12.2. The topological polar surface area (TPSA) is 86.7 Å². The highest BCUT2D eigenvalue weighted by Gasteiger charge is 2.33. The van der Waals surface area contributed by atoms with Gasteiger partial charge in [-0.05, 0) is 33.1 Å². The van der Waals surface area contributed by atoms with E-state index >= 15 is 0 Å². The number of nitrogens with zero attached hydrogens (tertiary/aromatic N) is 1. The van der Waals surface area contributed by atoms with E-state index in [2.05, 4.69) is 5.32 Å². The van der Waals surface area contributed by atoms with Gasteiger partial charge in [-0.2, -0.15) is 0 Å². The Bertz CT molecular complexity index is 393. The van der Waals surface area contributed by atoms with Crippen molar-refractivity contribution in [1.82, 2.24) is 10.2 Å². The highest BCUT2D eigenvalue weighted by atomic mass is 16.4. The number of piperidine rings is 1. The number of aliphatic carboxylic acids is 1. The van der Waals surface area contributed by atoms with Crippen LogP contribution in [0, 0.1) is 5.41 Å². The van der Waals surface area contributed by atoms with Gasteiger partial charge in [0.15, 0.2) is 0 Å². The summed E-state index contributed by atoms with van der Waals surface area (Å²) in [6.07, 6.45) is 2.85. The summed E-state index contributed by atoms with van der Waals surface area (Å²) < 4.78 is 0. The second kappa shape index (κ2) is 6.72. The summed E-state index contributed by atoms with van der Waals surface area (Å²) in [6.45, 7) is 5.56. The molecule has 6 nitrogen and oxygen atoms in total. The van der Waals surface area contributed by atoms with Gasteiger partial charge in [-0.3, -0.25) is 14.4 Å². The maximum Gasteiger partial charge on any atom is 0.310 e. The van der Waals surface area contributed by atoms with Crippen LogP contribution in [0.3, 0.4) is 0 Å². The average Bonchev–Trinajstić information content (AvgIpc) is 2.43. The molecule has 1 atom stereocenters. The minimum absolute atomic E-state index is 0.0256. The fraction of sp³-hybridized carbons (Fsp3) is 0.786. The predicted molar refractivity (Wildman–Crippen MR) is 74.1 cm³/mol. The molecule has 2 N–H and O–H groups in total. The first-order chi connectivity index (χ1) is 9.29. The predicted octanol–water partition coefficient (Wildman–Crippen LogP) is 1.00. The molecule has 1 aliphatic heterocycles. The Hall–Kier alpha value is -1.59. The van der Waals surface area contributed by atoms with E-state index in [1.54, 1.807) is 25.7 Å². The fourth-order valence-corrected chi connectivity index (χ4v) is 2.21. The Kier molecular flexibility index (Phi) is 5.53. The van der Waals surface area contributed by atoms with Gasteiger partial charge in [-0.15, -0.1) is 0 Å². The first-order valence-corrected chi connectivity index (χ1v) is 7.10. The van der Waals surface area contributed by atoms with Gasteiger partial charge in [0.05, 0.1) is 5.41 Å². The van der Waals surface area contributed by atoms with Crippen molar-refractivity contribution in [2.45, 2.75) is 52.5 Å². The van der Waals surface area contributed by atoms with Gasteiger partial charge in [0.25, 0.3) is 0 Å². The van der Waals surface area contributed by atoms with Gasteiger partial charge in [-0.1, -0.05) is 6.92 Å². The lowest BCUT2D eigenvalue weighted by Gasteiger charge is -2.35. The number of rotatable bonds is 5. The third-order valence-electron chi connectivity index (χ3n) is 3.71. The fourth-order valence-electron chi connectivity index (χ4n) is 2.21. The van der Waals surface area contributed by atoms with Crippen LogP contribution in [-0.4, -0.2) is 46.9 Å². The second-order valence-corrected chi connectivity index (χ2v) is 5.86. The Morgan fingerprint density at radius 1 is 1.30 bits per heavy atom. The number of hydrogen-bond donors (Lipinski definition) is 2. The summed E-state index contributed by atoms with van der Waals surface area (Å²) in [7, 11) is 0. The van der Waals surface area contributed by atoms with Crippen LogP contribution in [0.4, 0.5) is 0 Å². The molecule has 20 heavy (non-hydrogen) atoms. The lowest BCUT2D eigenvalue weighted by atomic mass is 9.93. The molecule has 0 spiro atoms. The summed E-state index contributed by atoms with van der Waals surface area (Å²) in [5.41, 5.74) is -1.01. The van der Waals surface area contributed by atoms with Gasteiger partial charge in [0.1, 0.15) is 6.04 Å². The Morgan fingerprint density at radius 3 is 2.50 bits per heavy atom. The van der Waals surface area contributed by atoms with Crippen LogP contribution in [0.2, 0.25) is 0 Å². The van der Waals surface area contributed by atoms with Crippen LogP contribution in [0.1, 0.15) is 46.5 Å². The van der Waals surface area contributed by atoms with Crippen molar-refractivity contribution in [3.8, 4) is 0 Å². The molecule has 0 aromatic carbocycles. The van der Waals surface area contributed by atoms with Crippen molar-refractivity contribution >= 4 is 17.8 Å². The smallest absolute Gasteiger partial charge is 0.310 e.